The second-order valence-electron chi connectivity index (χ2n) is 5.79. The molecular formula is C16H15F3N2O2S. The summed E-state index contributed by atoms with van der Waals surface area (Å²) in [5, 5.41) is 0. The molecule has 0 spiro atoms. The van der Waals surface area contributed by atoms with Gasteiger partial charge in [-0.25, -0.2) is 13.4 Å². The number of hydrogen-bond acceptors (Lipinski definition) is 3. The van der Waals surface area contributed by atoms with Crippen molar-refractivity contribution >= 4 is 15.8 Å². The number of aromatic nitrogens is 1. The van der Waals surface area contributed by atoms with Gasteiger partial charge in [-0.1, -0.05) is 12.1 Å². The molecule has 0 aliphatic heterocycles. The van der Waals surface area contributed by atoms with E-state index in [1.54, 1.807) is 12.1 Å². The van der Waals surface area contributed by atoms with Crippen molar-refractivity contribution in [1.29, 1.82) is 0 Å². The van der Waals surface area contributed by atoms with E-state index >= 15 is 0 Å². The highest BCUT2D eigenvalue weighted by molar-refractivity contribution is 7.92. The Kier molecular flexibility index (Phi) is 4.25. The third-order valence-corrected chi connectivity index (χ3v) is 5.14. The quantitative estimate of drug-likeness (QED) is 0.885. The van der Waals surface area contributed by atoms with Crippen LogP contribution in [0.2, 0.25) is 0 Å². The fourth-order valence-corrected chi connectivity index (χ4v) is 3.45. The first-order valence-corrected chi connectivity index (χ1v) is 8.88. The van der Waals surface area contributed by atoms with Gasteiger partial charge in [0.15, 0.2) is 0 Å². The first kappa shape index (κ1) is 16.8. The molecule has 1 aromatic carbocycles. The van der Waals surface area contributed by atoms with Gasteiger partial charge < -0.3 is 0 Å². The molecule has 0 atom stereocenters. The average Bonchev–Trinajstić information content (AvgIpc) is 3.32. The summed E-state index contributed by atoms with van der Waals surface area (Å²) in [6.45, 7) is 0. The van der Waals surface area contributed by atoms with Gasteiger partial charge in [0.25, 0.3) is 10.0 Å². The molecule has 0 bridgehead atoms. The maximum absolute atomic E-state index is 12.8. The molecule has 0 saturated heterocycles. The van der Waals surface area contributed by atoms with Gasteiger partial charge in [0.2, 0.25) is 0 Å². The minimum atomic E-state index is -4.60. The highest BCUT2D eigenvalue weighted by Gasteiger charge is 2.32. The zero-order chi connectivity index (χ0) is 17.4. The molecule has 3 rings (SSSR count). The van der Waals surface area contributed by atoms with Crippen molar-refractivity contribution in [2.45, 2.75) is 30.3 Å². The molecule has 0 unspecified atom stereocenters. The number of halogens is 3. The van der Waals surface area contributed by atoms with Gasteiger partial charge in [0.1, 0.15) is 5.82 Å². The number of rotatable bonds is 5. The van der Waals surface area contributed by atoms with E-state index in [0.29, 0.717) is 18.4 Å². The zero-order valence-electron chi connectivity index (χ0n) is 12.5. The van der Waals surface area contributed by atoms with Crippen molar-refractivity contribution in [3.05, 3.63) is 53.7 Å². The third-order valence-electron chi connectivity index (χ3n) is 3.80. The summed E-state index contributed by atoms with van der Waals surface area (Å²) in [6, 6.07) is 7.13. The fraction of sp³-hybridized carbons (Fsp3) is 0.312. The lowest BCUT2D eigenvalue weighted by Crippen LogP contribution is -2.16. The molecule has 1 heterocycles. The molecule has 1 aromatic heterocycles. The molecule has 1 aliphatic rings. The van der Waals surface area contributed by atoms with E-state index in [2.05, 4.69) is 9.71 Å². The van der Waals surface area contributed by atoms with E-state index in [0.717, 1.165) is 36.6 Å². The van der Waals surface area contributed by atoms with Crippen LogP contribution in [0.4, 0.5) is 19.0 Å². The maximum Gasteiger partial charge on any atom is 0.416 e. The van der Waals surface area contributed by atoms with Gasteiger partial charge in [0, 0.05) is 6.20 Å². The molecule has 1 aliphatic carbocycles. The smallest absolute Gasteiger partial charge is 0.263 e. The van der Waals surface area contributed by atoms with Gasteiger partial charge in [-0.3, -0.25) is 4.72 Å². The Bertz CT molecular complexity index is 846. The lowest BCUT2D eigenvalue weighted by molar-refractivity contribution is -0.137. The van der Waals surface area contributed by atoms with Gasteiger partial charge in [-0.2, -0.15) is 13.2 Å². The lowest BCUT2D eigenvalue weighted by Gasteiger charge is -2.13. The highest BCUT2D eigenvalue weighted by Crippen LogP contribution is 2.35. The predicted octanol–water partition coefficient (Wildman–Crippen LogP) is 3.85. The Labute approximate surface area is 137 Å². The monoisotopic (exact) mass is 356 g/mol. The van der Waals surface area contributed by atoms with E-state index in [1.165, 1.54) is 6.20 Å². The topological polar surface area (TPSA) is 59.1 Å². The molecular weight excluding hydrogens is 341 g/mol. The van der Waals surface area contributed by atoms with Gasteiger partial charge in [0.05, 0.1) is 10.5 Å². The van der Waals surface area contributed by atoms with Crippen molar-refractivity contribution in [1.82, 2.24) is 4.98 Å². The molecule has 1 saturated carbocycles. The maximum atomic E-state index is 12.8. The van der Waals surface area contributed by atoms with Crippen molar-refractivity contribution in [2.75, 3.05) is 4.72 Å². The number of benzene rings is 1. The number of hydrogen-bond donors (Lipinski definition) is 1. The van der Waals surface area contributed by atoms with Gasteiger partial charge in [-0.15, -0.1) is 0 Å². The second-order valence-corrected chi connectivity index (χ2v) is 7.47. The summed E-state index contributed by atoms with van der Waals surface area (Å²) in [7, 11) is -4.15. The van der Waals surface area contributed by atoms with E-state index in [1.807, 2.05) is 0 Å². The van der Waals surface area contributed by atoms with Crippen LogP contribution >= 0.6 is 0 Å². The molecule has 1 fully saturated rings. The first-order valence-electron chi connectivity index (χ1n) is 7.40. The Hall–Kier alpha value is -2.09. The summed E-state index contributed by atoms with van der Waals surface area (Å²) in [5.41, 5.74) is -0.264. The first-order chi connectivity index (χ1) is 11.3. The number of sulfonamides is 1. The van der Waals surface area contributed by atoms with Crippen LogP contribution in [0, 0.1) is 5.92 Å². The summed E-state index contributed by atoms with van der Waals surface area (Å²) >= 11 is 0. The van der Waals surface area contributed by atoms with E-state index in [-0.39, 0.29) is 5.82 Å². The van der Waals surface area contributed by atoms with Crippen LogP contribution in [-0.4, -0.2) is 13.4 Å². The predicted molar refractivity (Wildman–Crippen MR) is 82.9 cm³/mol. The summed E-state index contributed by atoms with van der Waals surface area (Å²) < 4.78 is 65.5. The van der Waals surface area contributed by atoms with E-state index in [9.17, 15) is 21.6 Å². The summed E-state index contributed by atoms with van der Waals surface area (Å²) in [4.78, 5) is 3.58. The molecule has 24 heavy (non-hydrogen) atoms. The van der Waals surface area contributed by atoms with Crippen LogP contribution in [0.15, 0.2) is 47.5 Å². The number of nitrogens with one attached hydrogen (secondary N) is 1. The average molecular weight is 356 g/mol. The zero-order valence-corrected chi connectivity index (χ0v) is 13.4. The molecule has 128 valence electrons. The van der Waals surface area contributed by atoms with Crippen LogP contribution in [-0.2, 0) is 22.6 Å². The Morgan fingerprint density at radius 2 is 1.92 bits per heavy atom. The summed E-state index contributed by atoms with van der Waals surface area (Å²) in [6.07, 6.45) is -0.272. The molecule has 1 N–H and O–H groups in total. The number of alkyl halides is 3. The number of pyridine rings is 1. The minimum absolute atomic E-state index is 0.168. The molecule has 4 nitrogen and oxygen atoms in total. The highest BCUT2D eigenvalue weighted by atomic mass is 32.2. The summed E-state index contributed by atoms with van der Waals surface area (Å²) in [5.74, 6) is 0.688. The second kappa shape index (κ2) is 6.08. The minimum Gasteiger partial charge on any atom is -0.263 e. The van der Waals surface area contributed by atoms with Crippen LogP contribution in [0.25, 0.3) is 0 Å². The van der Waals surface area contributed by atoms with E-state index < -0.39 is 26.7 Å². The Morgan fingerprint density at radius 3 is 2.58 bits per heavy atom. The van der Waals surface area contributed by atoms with Crippen LogP contribution in [0.1, 0.15) is 24.0 Å². The Morgan fingerprint density at radius 1 is 1.17 bits per heavy atom. The molecule has 8 heteroatoms. The number of nitrogens with zero attached hydrogens (tertiary/aromatic N) is 1. The van der Waals surface area contributed by atoms with Crippen LogP contribution in [0.5, 0.6) is 0 Å². The Balaban J connectivity index is 1.89. The van der Waals surface area contributed by atoms with Crippen molar-refractivity contribution in [3.63, 3.8) is 0 Å². The third kappa shape index (κ3) is 3.87. The van der Waals surface area contributed by atoms with Gasteiger partial charge >= 0.3 is 6.18 Å². The normalized spacial score (nSPS) is 15.3. The largest absolute Gasteiger partial charge is 0.416 e. The fourth-order valence-electron chi connectivity index (χ4n) is 2.35. The van der Waals surface area contributed by atoms with Crippen molar-refractivity contribution < 1.29 is 21.6 Å². The standard InChI is InChI=1S/C16H15F3N2O2S/c17-16(18,19)13-4-1-5-14(10-13)24(22,23)21-15-12(3-2-8-20-15)9-11-6-7-11/h1-5,8,10-11H,6-7,9H2,(H,20,21). The van der Waals surface area contributed by atoms with Crippen molar-refractivity contribution in [2.24, 2.45) is 5.92 Å². The number of anilines is 1. The lowest BCUT2D eigenvalue weighted by atomic mass is 10.1. The molecule has 2 aromatic rings. The van der Waals surface area contributed by atoms with Crippen LogP contribution in [0.3, 0.4) is 0 Å². The SMILES string of the molecule is O=S(=O)(Nc1ncccc1CC1CC1)c1cccc(C(F)(F)F)c1. The van der Waals surface area contributed by atoms with E-state index in [4.69, 9.17) is 0 Å². The molecule has 0 radical (unpaired) electrons. The van der Waals surface area contributed by atoms with Crippen molar-refractivity contribution in [3.8, 4) is 0 Å². The van der Waals surface area contributed by atoms with Gasteiger partial charge in [-0.05, 0) is 55.0 Å². The molecule has 0 amide bonds. The van der Waals surface area contributed by atoms with Crippen LogP contribution < -0.4 is 4.72 Å².